The van der Waals surface area contributed by atoms with Crippen molar-refractivity contribution in [2.75, 3.05) is 0 Å². The fourth-order valence-electron chi connectivity index (χ4n) is 1.59. The van der Waals surface area contributed by atoms with Gasteiger partial charge in [-0.25, -0.2) is 4.68 Å². The van der Waals surface area contributed by atoms with Crippen LogP contribution in [0.2, 0.25) is 10.0 Å². The van der Waals surface area contributed by atoms with E-state index in [0.717, 1.165) is 10.9 Å². The van der Waals surface area contributed by atoms with Crippen LogP contribution in [0.25, 0.3) is 5.69 Å². The normalized spacial score (nSPS) is 12.7. The summed E-state index contributed by atoms with van der Waals surface area (Å²) in [6, 6.07) is 1.27. The van der Waals surface area contributed by atoms with Gasteiger partial charge in [0.2, 0.25) is 0 Å². The molecule has 0 aliphatic heterocycles. The molecular weight excluding hydrogens is 504 g/mol. The van der Waals surface area contributed by atoms with E-state index in [0.29, 0.717) is 12.1 Å². The summed E-state index contributed by atoms with van der Waals surface area (Å²) in [4.78, 5) is -0.217. The van der Waals surface area contributed by atoms with Crippen LogP contribution in [0.4, 0.5) is 26.3 Å². The highest BCUT2D eigenvalue weighted by molar-refractivity contribution is 14.1. The molecule has 0 saturated heterocycles. The molecule has 0 N–H and O–H groups in total. The third-order valence-electron chi connectivity index (χ3n) is 2.44. The third-order valence-corrected chi connectivity index (χ3v) is 4.93. The minimum Gasteiger partial charge on any atom is -0.236 e. The Morgan fingerprint density at radius 2 is 1.57 bits per heavy atom. The molecule has 0 amide bonds. The SMILES string of the molecule is FC(F)(F)Sc1cn(-c2c(Cl)cc(C(F)(F)F)cc2Cl)nc1I. The summed E-state index contributed by atoms with van der Waals surface area (Å²) in [6.07, 6.45) is -3.65. The van der Waals surface area contributed by atoms with E-state index in [-0.39, 0.29) is 24.3 Å². The maximum absolute atomic E-state index is 12.7. The molecule has 12 heteroatoms. The van der Waals surface area contributed by atoms with Crippen LogP contribution in [0, 0.1) is 3.70 Å². The highest BCUT2D eigenvalue weighted by atomic mass is 127. The Hall–Kier alpha value is -0.330. The maximum Gasteiger partial charge on any atom is 0.446 e. The Morgan fingerprint density at radius 1 is 1.04 bits per heavy atom. The van der Waals surface area contributed by atoms with E-state index in [9.17, 15) is 26.3 Å². The van der Waals surface area contributed by atoms with E-state index in [4.69, 9.17) is 23.2 Å². The van der Waals surface area contributed by atoms with Crippen LogP contribution in [-0.2, 0) is 6.18 Å². The third kappa shape index (κ3) is 4.60. The minimum atomic E-state index is -4.65. The van der Waals surface area contributed by atoms with Gasteiger partial charge in [0, 0.05) is 6.20 Å². The lowest BCUT2D eigenvalue weighted by Crippen LogP contribution is -2.07. The fourth-order valence-corrected chi connectivity index (χ4v) is 3.48. The van der Waals surface area contributed by atoms with Crippen molar-refractivity contribution >= 4 is 57.6 Å². The van der Waals surface area contributed by atoms with Crippen LogP contribution < -0.4 is 0 Å². The van der Waals surface area contributed by atoms with E-state index in [1.54, 1.807) is 22.6 Å². The van der Waals surface area contributed by atoms with Crippen LogP contribution in [-0.4, -0.2) is 15.3 Å². The van der Waals surface area contributed by atoms with Crippen molar-refractivity contribution in [2.45, 2.75) is 16.6 Å². The molecule has 2 aromatic rings. The van der Waals surface area contributed by atoms with Gasteiger partial charge in [0.1, 0.15) is 9.39 Å². The predicted molar refractivity (Wildman–Crippen MR) is 83.2 cm³/mol. The Kier molecular flexibility index (Phi) is 5.39. The predicted octanol–water partition coefficient (Wildman–Crippen LogP) is 6.41. The van der Waals surface area contributed by atoms with Gasteiger partial charge in [-0.3, -0.25) is 0 Å². The first-order chi connectivity index (χ1) is 10.4. The maximum atomic E-state index is 12.7. The van der Waals surface area contributed by atoms with Gasteiger partial charge in [-0.1, -0.05) is 23.2 Å². The van der Waals surface area contributed by atoms with E-state index in [1.165, 1.54) is 0 Å². The average molecular weight is 507 g/mol. The van der Waals surface area contributed by atoms with E-state index < -0.39 is 29.0 Å². The van der Waals surface area contributed by atoms with Gasteiger partial charge >= 0.3 is 11.7 Å². The summed E-state index contributed by atoms with van der Waals surface area (Å²) in [5.41, 5.74) is -5.72. The average Bonchev–Trinajstić information content (AvgIpc) is 2.66. The lowest BCUT2D eigenvalue weighted by atomic mass is 10.2. The van der Waals surface area contributed by atoms with Gasteiger partial charge in [-0.05, 0) is 46.5 Å². The molecule has 0 saturated carbocycles. The van der Waals surface area contributed by atoms with Crippen LogP contribution in [0.1, 0.15) is 5.56 Å². The number of hydrogen-bond acceptors (Lipinski definition) is 2. The van der Waals surface area contributed by atoms with Crippen molar-refractivity contribution in [2.24, 2.45) is 0 Å². The molecule has 0 aliphatic rings. The molecule has 1 heterocycles. The van der Waals surface area contributed by atoms with Gasteiger partial charge in [0.05, 0.1) is 20.5 Å². The number of benzene rings is 1. The molecule has 2 rings (SSSR count). The number of halogens is 9. The monoisotopic (exact) mass is 506 g/mol. The van der Waals surface area contributed by atoms with E-state index >= 15 is 0 Å². The summed E-state index contributed by atoms with van der Waals surface area (Å²) in [7, 11) is 0. The Morgan fingerprint density at radius 3 is 2.00 bits per heavy atom. The van der Waals surface area contributed by atoms with E-state index in [2.05, 4.69) is 5.10 Å². The van der Waals surface area contributed by atoms with Crippen molar-refractivity contribution in [3.63, 3.8) is 0 Å². The molecule has 0 atom stereocenters. The quantitative estimate of drug-likeness (QED) is 0.266. The topological polar surface area (TPSA) is 17.8 Å². The molecule has 0 unspecified atom stereocenters. The second-order valence-corrected chi connectivity index (χ2v) is 7.01. The number of aromatic nitrogens is 2. The van der Waals surface area contributed by atoms with Gasteiger partial charge in [0.15, 0.2) is 0 Å². The number of nitrogens with zero attached hydrogens (tertiary/aromatic N) is 2. The number of hydrogen-bond donors (Lipinski definition) is 0. The van der Waals surface area contributed by atoms with E-state index in [1.807, 2.05) is 0 Å². The zero-order chi connectivity index (χ0) is 17.6. The summed E-state index contributed by atoms with van der Waals surface area (Å²) >= 11 is 12.8. The van der Waals surface area contributed by atoms with Crippen molar-refractivity contribution < 1.29 is 26.3 Å². The lowest BCUT2D eigenvalue weighted by molar-refractivity contribution is -0.137. The van der Waals surface area contributed by atoms with Crippen molar-refractivity contribution in [1.82, 2.24) is 9.78 Å². The van der Waals surface area contributed by atoms with Crippen LogP contribution in [0.15, 0.2) is 23.2 Å². The summed E-state index contributed by atoms with van der Waals surface area (Å²) < 4.78 is 76.2. The molecule has 1 aromatic carbocycles. The smallest absolute Gasteiger partial charge is 0.236 e. The second kappa shape index (κ2) is 6.52. The second-order valence-electron chi connectivity index (χ2n) is 4.06. The molecule has 126 valence electrons. The molecule has 2 nitrogen and oxygen atoms in total. The first-order valence-electron chi connectivity index (χ1n) is 5.46. The highest BCUT2D eigenvalue weighted by Crippen LogP contribution is 2.41. The Bertz CT molecular complexity index is 720. The first kappa shape index (κ1) is 19.0. The van der Waals surface area contributed by atoms with Crippen LogP contribution in [0.5, 0.6) is 0 Å². The molecule has 1 aromatic heterocycles. The largest absolute Gasteiger partial charge is 0.446 e. The van der Waals surface area contributed by atoms with Gasteiger partial charge in [0.25, 0.3) is 0 Å². The highest BCUT2D eigenvalue weighted by Gasteiger charge is 2.33. The van der Waals surface area contributed by atoms with Gasteiger partial charge in [-0.15, -0.1) is 0 Å². The van der Waals surface area contributed by atoms with Crippen LogP contribution >= 0.6 is 57.6 Å². The molecule has 0 fully saturated rings. The zero-order valence-electron chi connectivity index (χ0n) is 10.4. The number of alkyl halides is 6. The minimum absolute atomic E-state index is 0.0111. The Labute approximate surface area is 153 Å². The lowest BCUT2D eigenvalue weighted by Gasteiger charge is -2.12. The molecular formula is C11H3Cl2F6IN2S. The molecule has 0 aliphatic carbocycles. The molecule has 0 radical (unpaired) electrons. The zero-order valence-corrected chi connectivity index (χ0v) is 14.9. The standard InChI is InChI=1S/C11H3Cl2F6IN2S/c12-5-1-4(10(14,15)16)2-6(13)8(5)22-3-7(9(20)21-22)23-11(17,18)19/h1-3H. The van der Waals surface area contributed by atoms with Crippen molar-refractivity contribution in [1.29, 1.82) is 0 Å². The van der Waals surface area contributed by atoms with Gasteiger partial charge < -0.3 is 0 Å². The fraction of sp³-hybridized carbons (Fsp3) is 0.182. The van der Waals surface area contributed by atoms with Crippen molar-refractivity contribution in [3.8, 4) is 5.69 Å². The number of thioether (sulfide) groups is 1. The van der Waals surface area contributed by atoms with Gasteiger partial charge in [-0.2, -0.15) is 31.4 Å². The first-order valence-corrected chi connectivity index (χ1v) is 8.11. The Balaban J connectivity index is 2.49. The number of rotatable bonds is 2. The summed E-state index contributed by atoms with van der Waals surface area (Å²) in [6.45, 7) is 0. The van der Waals surface area contributed by atoms with Crippen LogP contribution in [0.3, 0.4) is 0 Å². The molecule has 0 bridgehead atoms. The molecule has 0 spiro atoms. The summed E-state index contributed by atoms with van der Waals surface area (Å²) in [5, 5.41) is 3.05. The molecule has 23 heavy (non-hydrogen) atoms. The van der Waals surface area contributed by atoms with Crippen molar-refractivity contribution in [3.05, 3.63) is 37.6 Å². The summed E-state index contributed by atoms with van der Waals surface area (Å²) in [5.74, 6) is 0.